The number of hydrogen-bond acceptors (Lipinski definition) is 4. The number of carbonyl (C=O) groups excluding carboxylic acids is 1. The molecule has 0 aromatic carbocycles. The number of methoxy groups -OCH3 is 1. The van der Waals surface area contributed by atoms with Gasteiger partial charge in [0, 0.05) is 20.3 Å². The van der Waals surface area contributed by atoms with Gasteiger partial charge in [-0.25, -0.2) is 9.78 Å². The maximum absolute atomic E-state index is 12.7. The fourth-order valence-corrected chi connectivity index (χ4v) is 1.33. The minimum absolute atomic E-state index is 0.0772. The third-order valence-electron chi connectivity index (χ3n) is 2.05. The first-order valence-corrected chi connectivity index (χ1v) is 4.61. The largest absolute Gasteiger partial charge is 0.465 e. The van der Waals surface area contributed by atoms with Gasteiger partial charge in [-0.05, 0) is 6.07 Å². The smallest absolute Gasteiger partial charge is 0.417 e. The van der Waals surface area contributed by atoms with Crippen LogP contribution in [-0.4, -0.2) is 32.2 Å². The number of aromatic nitrogens is 1. The number of pyridine rings is 1. The van der Waals surface area contributed by atoms with Crippen molar-refractivity contribution in [3.05, 3.63) is 23.4 Å². The summed E-state index contributed by atoms with van der Waals surface area (Å²) in [7, 11) is 4.01. The summed E-state index contributed by atoms with van der Waals surface area (Å²) in [6.45, 7) is 0. The quantitative estimate of drug-likeness (QED) is 0.750. The molecule has 0 radical (unpaired) electrons. The minimum Gasteiger partial charge on any atom is -0.465 e. The molecule has 1 aromatic rings. The second-order valence-corrected chi connectivity index (χ2v) is 3.44. The van der Waals surface area contributed by atoms with Gasteiger partial charge in [0.25, 0.3) is 0 Å². The molecule has 0 fully saturated rings. The third kappa shape index (κ3) is 2.66. The molecule has 17 heavy (non-hydrogen) atoms. The molecule has 0 spiro atoms. The summed E-state index contributed by atoms with van der Waals surface area (Å²) in [5, 5.41) is 0. The van der Waals surface area contributed by atoms with Crippen molar-refractivity contribution in [2.75, 3.05) is 26.1 Å². The van der Waals surface area contributed by atoms with Crippen LogP contribution in [0.1, 0.15) is 15.9 Å². The normalized spacial score (nSPS) is 11.2. The SMILES string of the molecule is COC(=O)c1c(C(F)(F)F)ccnc1N(C)C. The molecule has 0 aliphatic carbocycles. The third-order valence-corrected chi connectivity index (χ3v) is 2.05. The molecule has 1 rings (SSSR count). The molecule has 0 amide bonds. The second kappa shape index (κ2) is 4.60. The maximum atomic E-state index is 12.7. The lowest BCUT2D eigenvalue weighted by molar-refractivity contribution is -0.138. The van der Waals surface area contributed by atoms with Crippen LogP contribution in [-0.2, 0) is 10.9 Å². The Balaban J connectivity index is 3.51. The Hall–Kier alpha value is -1.79. The van der Waals surface area contributed by atoms with Crippen LogP contribution < -0.4 is 4.90 Å². The first kappa shape index (κ1) is 13.3. The molecule has 1 aromatic heterocycles. The Labute approximate surface area is 96.0 Å². The first-order chi connectivity index (χ1) is 7.79. The highest BCUT2D eigenvalue weighted by Gasteiger charge is 2.37. The highest BCUT2D eigenvalue weighted by atomic mass is 19.4. The van der Waals surface area contributed by atoms with Crippen LogP contribution in [0.15, 0.2) is 12.3 Å². The van der Waals surface area contributed by atoms with Gasteiger partial charge >= 0.3 is 12.1 Å². The van der Waals surface area contributed by atoms with Crippen LogP contribution >= 0.6 is 0 Å². The molecular weight excluding hydrogens is 237 g/mol. The van der Waals surface area contributed by atoms with Crippen molar-refractivity contribution < 1.29 is 22.7 Å². The van der Waals surface area contributed by atoms with E-state index < -0.39 is 23.3 Å². The van der Waals surface area contributed by atoms with Gasteiger partial charge in [0.2, 0.25) is 0 Å². The lowest BCUT2D eigenvalue weighted by atomic mass is 10.1. The number of nitrogens with zero attached hydrogens (tertiary/aromatic N) is 2. The predicted molar refractivity (Wildman–Crippen MR) is 54.9 cm³/mol. The molecule has 94 valence electrons. The average Bonchev–Trinajstić information content (AvgIpc) is 2.25. The molecule has 7 heteroatoms. The number of alkyl halides is 3. The summed E-state index contributed by atoms with van der Waals surface area (Å²) >= 11 is 0. The van der Waals surface area contributed by atoms with Crippen LogP contribution in [0, 0.1) is 0 Å². The second-order valence-electron chi connectivity index (χ2n) is 3.44. The van der Waals surface area contributed by atoms with Crippen molar-refractivity contribution >= 4 is 11.8 Å². The fraction of sp³-hybridized carbons (Fsp3) is 0.400. The molecule has 0 saturated heterocycles. The zero-order valence-corrected chi connectivity index (χ0v) is 9.50. The molecular formula is C10H11F3N2O2. The lowest BCUT2D eigenvalue weighted by Crippen LogP contribution is -2.21. The van der Waals surface area contributed by atoms with Crippen molar-refractivity contribution in [1.82, 2.24) is 4.98 Å². The minimum atomic E-state index is -4.63. The van der Waals surface area contributed by atoms with E-state index in [1.807, 2.05) is 0 Å². The van der Waals surface area contributed by atoms with Crippen LogP contribution in [0.25, 0.3) is 0 Å². The van der Waals surface area contributed by atoms with E-state index in [0.29, 0.717) is 0 Å². The van der Waals surface area contributed by atoms with E-state index in [1.54, 1.807) is 0 Å². The zero-order valence-electron chi connectivity index (χ0n) is 9.50. The monoisotopic (exact) mass is 248 g/mol. The molecule has 0 bridgehead atoms. The Kier molecular flexibility index (Phi) is 3.59. The summed E-state index contributed by atoms with van der Waals surface area (Å²) in [6, 6.07) is 0.749. The Morgan fingerprint density at radius 1 is 1.41 bits per heavy atom. The van der Waals surface area contributed by atoms with E-state index in [1.165, 1.54) is 19.0 Å². The van der Waals surface area contributed by atoms with Crippen molar-refractivity contribution in [3.8, 4) is 0 Å². The number of carbonyl (C=O) groups is 1. The van der Waals surface area contributed by atoms with E-state index >= 15 is 0 Å². The van der Waals surface area contributed by atoms with Gasteiger partial charge in [0.05, 0.1) is 12.7 Å². The lowest BCUT2D eigenvalue weighted by Gasteiger charge is -2.18. The molecule has 0 atom stereocenters. The average molecular weight is 248 g/mol. The van der Waals surface area contributed by atoms with Gasteiger partial charge in [-0.2, -0.15) is 13.2 Å². The number of anilines is 1. The van der Waals surface area contributed by atoms with Gasteiger partial charge in [-0.3, -0.25) is 0 Å². The summed E-state index contributed by atoms with van der Waals surface area (Å²) < 4.78 is 42.6. The topological polar surface area (TPSA) is 42.4 Å². The standard InChI is InChI=1S/C10H11F3N2O2/c1-15(2)8-7(9(16)17-3)6(4-5-14-8)10(11,12)13/h4-5H,1-3H3. The van der Waals surface area contributed by atoms with E-state index in [4.69, 9.17) is 0 Å². The summed E-state index contributed by atoms with van der Waals surface area (Å²) in [5.74, 6) is -1.14. The van der Waals surface area contributed by atoms with Crippen molar-refractivity contribution in [2.45, 2.75) is 6.18 Å². The highest BCUT2D eigenvalue weighted by molar-refractivity contribution is 5.96. The van der Waals surface area contributed by atoms with E-state index in [9.17, 15) is 18.0 Å². The van der Waals surface area contributed by atoms with E-state index in [-0.39, 0.29) is 5.82 Å². The molecule has 0 saturated carbocycles. The van der Waals surface area contributed by atoms with Gasteiger partial charge in [0.1, 0.15) is 11.4 Å². The molecule has 1 heterocycles. The van der Waals surface area contributed by atoms with Gasteiger partial charge in [0.15, 0.2) is 0 Å². The van der Waals surface area contributed by atoms with Gasteiger partial charge < -0.3 is 9.64 Å². The van der Waals surface area contributed by atoms with Crippen LogP contribution in [0.5, 0.6) is 0 Å². The van der Waals surface area contributed by atoms with E-state index in [2.05, 4.69) is 9.72 Å². The van der Waals surface area contributed by atoms with Crippen molar-refractivity contribution in [2.24, 2.45) is 0 Å². The van der Waals surface area contributed by atoms with Gasteiger partial charge in [-0.15, -0.1) is 0 Å². The number of rotatable bonds is 2. The predicted octanol–water partition coefficient (Wildman–Crippen LogP) is 1.95. The maximum Gasteiger partial charge on any atom is 0.417 e. The zero-order chi connectivity index (χ0) is 13.2. The van der Waals surface area contributed by atoms with Crippen molar-refractivity contribution in [1.29, 1.82) is 0 Å². The Morgan fingerprint density at radius 2 is 2.00 bits per heavy atom. The number of ether oxygens (including phenoxy) is 1. The molecule has 0 aliphatic heterocycles. The summed E-state index contributed by atoms with van der Waals surface area (Å²) in [5.41, 5.74) is -1.63. The number of halogens is 3. The summed E-state index contributed by atoms with van der Waals surface area (Å²) in [4.78, 5) is 16.5. The molecule has 0 aliphatic rings. The van der Waals surface area contributed by atoms with Crippen LogP contribution in [0.2, 0.25) is 0 Å². The molecule has 4 nitrogen and oxygen atoms in total. The Morgan fingerprint density at radius 3 is 2.41 bits per heavy atom. The van der Waals surface area contributed by atoms with Crippen LogP contribution in [0.4, 0.5) is 19.0 Å². The summed E-state index contributed by atoms with van der Waals surface area (Å²) in [6.07, 6.45) is -3.62. The highest BCUT2D eigenvalue weighted by Crippen LogP contribution is 2.35. The van der Waals surface area contributed by atoms with E-state index in [0.717, 1.165) is 19.4 Å². The Bertz CT molecular complexity index is 430. The number of hydrogen-bond donors (Lipinski definition) is 0. The van der Waals surface area contributed by atoms with Gasteiger partial charge in [-0.1, -0.05) is 0 Å². The van der Waals surface area contributed by atoms with Crippen LogP contribution in [0.3, 0.4) is 0 Å². The molecule has 0 N–H and O–H groups in total. The first-order valence-electron chi connectivity index (χ1n) is 4.61. The van der Waals surface area contributed by atoms with Crippen molar-refractivity contribution in [3.63, 3.8) is 0 Å². The molecule has 0 unspecified atom stereocenters. The fourth-order valence-electron chi connectivity index (χ4n) is 1.33. The number of esters is 1.